The summed E-state index contributed by atoms with van der Waals surface area (Å²) in [5.74, 6) is 0.680. The standard InChI is InChI=1S/C26H24N4OS/c31-26(15-18-5-3-6-18)28-20-8-4-9-21(16-20)32-22-11-12-23-24(29-30-25(23)17-22)13-10-19-7-1-2-14-27-19/h1-2,4,7-14,16-18H,3,5-6,15H2,(H,28,31)(H,29,30)/b13-10+. The molecule has 160 valence electrons. The zero-order valence-corrected chi connectivity index (χ0v) is 18.4. The minimum Gasteiger partial charge on any atom is -0.326 e. The molecule has 1 amide bonds. The van der Waals surface area contributed by atoms with Crippen molar-refractivity contribution in [2.45, 2.75) is 35.5 Å². The van der Waals surface area contributed by atoms with Crippen molar-refractivity contribution in [2.75, 3.05) is 5.32 Å². The highest BCUT2D eigenvalue weighted by atomic mass is 32.2. The molecule has 2 N–H and O–H groups in total. The average Bonchev–Trinajstić information content (AvgIpc) is 3.18. The molecule has 0 atom stereocenters. The monoisotopic (exact) mass is 440 g/mol. The Labute approximate surface area is 191 Å². The number of fused-ring (bicyclic) bond motifs is 1. The van der Waals surface area contributed by atoms with Gasteiger partial charge in [-0.05, 0) is 79.4 Å². The molecular formula is C26H24N4OS. The summed E-state index contributed by atoms with van der Waals surface area (Å²) in [7, 11) is 0. The molecule has 1 aliphatic rings. The molecule has 0 spiro atoms. The lowest BCUT2D eigenvalue weighted by Gasteiger charge is -2.24. The van der Waals surface area contributed by atoms with Crippen molar-refractivity contribution in [1.82, 2.24) is 15.2 Å². The Morgan fingerprint density at radius 2 is 1.97 bits per heavy atom. The highest BCUT2D eigenvalue weighted by Crippen LogP contribution is 2.33. The number of pyridine rings is 1. The molecule has 32 heavy (non-hydrogen) atoms. The van der Waals surface area contributed by atoms with Gasteiger partial charge in [-0.15, -0.1) is 0 Å². The second-order valence-corrected chi connectivity index (χ2v) is 9.23. The van der Waals surface area contributed by atoms with Crippen molar-refractivity contribution in [3.8, 4) is 0 Å². The van der Waals surface area contributed by atoms with Gasteiger partial charge in [0, 0.05) is 33.5 Å². The highest BCUT2D eigenvalue weighted by Gasteiger charge is 2.20. The number of nitrogens with zero attached hydrogens (tertiary/aromatic N) is 2. The Morgan fingerprint density at radius 3 is 2.78 bits per heavy atom. The predicted octanol–water partition coefficient (Wildman–Crippen LogP) is 6.41. The van der Waals surface area contributed by atoms with Crippen LogP contribution < -0.4 is 5.32 Å². The third kappa shape index (κ3) is 4.92. The maximum absolute atomic E-state index is 12.2. The smallest absolute Gasteiger partial charge is 0.224 e. The van der Waals surface area contributed by atoms with Crippen LogP contribution in [0.1, 0.15) is 37.1 Å². The summed E-state index contributed by atoms with van der Waals surface area (Å²) >= 11 is 1.67. The molecule has 5 nitrogen and oxygen atoms in total. The van der Waals surface area contributed by atoms with Crippen molar-refractivity contribution >= 4 is 46.4 Å². The summed E-state index contributed by atoms with van der Waals surface area (Å²) in [6, 6.07) is 20.1. The number of rotatable bonds is 7. The van der Waals surface area contributed by atoms with E-state index in [1.807, 2.05) is 48.6 Å². The average molecular weight is 441 g/mol. The van der Waals surface area contributed by atoms with Gasteiger partial charge in [0.05, 0.1) is 16.9 Å². The van der Waals surface area contributed by atoms with Gasteiger partial charge >= 0.3 is 0 Å². The zero-order valence-electron chi connectivity index (χ0n) is 17.6. The van der Waals surface area contributed by atoms with Crippen LogP contribution in [-0.4, -0.2) is 21.1 Å². The zero-order chi connectivity index (χ0) is 21.8. The van der Waals surface area contributed by atoms with E-state index in [0.29, 0.717) is 12.3 Å². The topological polar surface area (TPSA) is 70.7 Å². The highest BCUT2D eigenvalue weighted by molar-refractivity contribution is 7.99. The number of H-pyrrole nitrogens is 1. The fourth-order valence-corrected chi connectivity index (χ4v) is 4.71. The van der Waals surface area contributed by atoms with Gasteiger partial charge in [0.25, 0.3) is 0 Å². The van der Waals surface area contributed by atoms with E-state index in [-0.39, 0.29) is 5.91 Å². The van der Waals surface area contributed by atoms with Crippen LogP contribution in [0.15, 0.2) is 76.7 Å². The van der Waals surface area contributed by atoms with Crippen LogP contribution in [0.4, 0.5) is 5.69 Å². The maximum Gasteiger partial charge on any atom is 0.224 e. The largest absolute Gasteiger partial charge is 0.326 e. The van der Waals surface area contributed by atoms with Crippen molar-refractivity contribution < 1.29 is 4.79 Å². The fraction of sp³-hybridized carbons (Fsp3) is 0.192. The molecule has 1 aliphatic carbocycles. The molecule has 1 fully saturated rings. The molecule has 5 rings (SSSR count). The first kappa shape index (κ1) is 20.5. The normalized spacial score (nSPS) is 14.0. The number of aromatic nitrogens is 3. The van der Waals surface area contributed by atoms with Crippen LogP contribution >= 0.6 is 11.8 Å². The van der Waals surface area contributed by atoms with E-state index in [4.69, 9.17) is 0 Å². The second-order valence-electron chi connectivity index (χ2n) is 8.08. The quantitative estimate of drug-likeness (QED) is 0.348. The number of nitrogens with one attached hydrogen (secondary N) is 2. The van der Waals surface area contributed by atoms with Gasteiger partial charge in [-0.25, -0.2) is 0 Å². The first-order valence-electron chi connectivity index (χ1n) is 10.9. The summed E-state index contributed by atoms with van der Waals surface area (Å²) in [5, 5.41) is 11.7. The van der Waals surface area contributed by atoms with Crippen LogP contribution in [0.5, 0.6) is 0 Å². The van der Waals surface area contributed by atoms with Gasteiger partial charge in [-0.2, -0.15) is 5.10 Å². The lowest BCUT2D eigenvalue weighted by atomic mass is 9.83. The Bertz CT molecular complexity index is 1260. The summed E-state index contributed by atoms with van der Waals surface area (Å²) < 4.78 is 0. The third-order valence-electron chi connectivity index (χ3n) is 5.72. The van der Waals surface area contributed by atoms with E-state index in [1.165, 1.54) is 19.3 Å². The maximum atomic E-state index is 12.2. The number of carbonyl (C=O) groups excluding carboxylic acids is 1. The SMILES string of the molecule is O=C(CC1CCC1)Nc1cccc(Sc2ccc3c(/C=C/c4ccccn4)n[nH]c3c2)c1. The number of hydrogen-bond acceptors (Lipinski definition) is 4. The minimum absolute atomic E-state index is 0.113. The minimum atomic E-state index is 0.113. The van der Waals surface area contributed by atoms with Crippen LogP contribution in [0.2, 0.25) is 0 Å². The third-order valence-corrected chi connectivity index (χ3v) is 6.70. The molecule has 2 aromatic heterocycles. The van der Waals surface area contributed by atoms with Crippen molar-refractivity contribution in [3.63, 3.8) is 0 Å². The molecule has 6 heteroatoms. The van der Waals surface area contributed by atoms with Crippen LogP contribution in [0, 0.1) is 5.92 Å². The van der Waals surface area contributed by atoms with E-state index in [2.05, 4.69) is 44.8 Å². The molecule has 4 aromatic rings. The summed E-state index contributed by atoms with van der Waals surface area (Å²) in [5.41, 5.74) is 3.62. The second kappa shape index (κ2) is 9.40. The van der Waals surface area contributed by atoms with Gasteiger partial charge in [0.15, 0.2) is 0 Å². The first-order chi connectivity index (χ1) is 15.7. The first-order valence-corrected chi connectivity index (χ1v) is 11.7. The van der Waals surface area contributed by atoms with Crippen LogP contribution in [-0.2, 0) is 4.79 Å². The van der Waals surface area contributed by atoms with Crippen molar-refractivity contribution in [2.24, 2.45) is 5.92 Å². The number of carbonyl (C=O) groups is 1. The van der Waals surface area contributed by atoms with Crippen molar-refractivity contribution in [1.29, 1.82) is 0 Å². The van der Waals surface area contributed by atoms with E-state index < -0.39 is 0 Å². The molecule has 1 saturated carbocycles. The van der Waals surface area contributed by atoms with E-state index in [9.17, 15) is 4.79 Å². The Hall–Kier alpha value is -3.38. The summed E-state index contributed by atoms with van der Waals surface area (Å²) in [6.07, 6.45) is 9.96. The van der Waals surface area contributed by atoms with Gasteiger partial charge in [-0.3, -0.25) is 14.9 Å². The van der Waals surface area contributed by atoms with Crippen LogP contribution in [0.3, 0.4) is 0 Å². The molecule has 0 saturated heterocycles. The molecule has 2 aromatic carbocycles. The number of anilines is 1. The Morgan fingerprint density at radius 1 is 1.06 bits per heavy atom. The Kier molecular flexibility index (Phi) is 6.03. The number of hydrogen-bond donors (Lipinski definition) is 2. The van der Waals surface area contributed by atoms with Gasteiger partial charge in [0.1, 0.15) is 0 Å². The molecule has 0 radical (unpaired) electrons. The Balaban J connectivity index is 1.27. The number of benzene rings is 2. The van der Waals surface area contributed by atoms with E-state index in [0.717, 1.165) is 37.8 Å². The molecule has 0 bridgehead atoms. The lowest BCUT2D eigenvalue weighted by molar-refractivity contribution is -0.117. The van der Waals surface area contributed by atoms with Crippen LogP contribution in [0.25, 0.3) is 23.1 Å². The lowest BCUT2D eigenvalue weighted by Crippen LogP contribution is -2.20. The van der Waals surface area contributed by atoms with E-state index in [1.54, 1.807) is 18.0 Å². The fourth-order valence-electron chi connectivity index (χ4n) is 3.79. The van der Waals surface area contributed by atoms with Gasteiger partial charge in [-0.1, -0.05) is 30.3 Å². The molecule has 0 aliphatic heterocycles. The molecule has 0 unspecified atom stereocenters. The van der Waals surface area contributed by atoms with Crippen molar-refractivity contribution in [3.05, 3.63) is 78.2 Å². The van der Waals surface area contributed by atoms with Gasteiger partial charge < -0.3 is 5.32 Å². The summed E-state index contributed by atoms with van der Waals surface area (Å²) in [6.45, 7) is 0. The summed E-state index contributed by atoms with van der Waals surface area (Å²) in [4.78, 5) is 18.7. The van der Waals surface area contributed by atoms with E-state index >= 15 is 0 Å². The molecular weight excluding hydrogens is 416 g/mol. The number of amides is 1. The van der Waals surface area contributed by atoms with Gasteiger partial charge in [0.2, 0.25) is 5.91 Å². The predicted molar refractivity (Wildman–Crippen MR) is 130 cm³/mol. The molecule has 2 heterocycles. The number of aromatic amines is 1.